The third-order valence-electron chi connectivity index (χ3n) is 3.23. The lowest BCUT2D eigenvalue weighted by Crippen LogP contribution is -2.27. The molecule has 1 aromatic rings. The summed E-state index contributed by atoms with van der Waals surface area (Å²) in [6, 6.07) is 6.24. The van der Waals surface area contributed by atoms with Gasteiger partial charge in [0.1, 0.15) is 5.82 Å². The largest absolute Gasteiger partial charge is 0.356 e. The van der Waals surface area contributed by atoms with E-state index in [4.69, 9.17) is 0 Å². The molecular weight excluding hydrogens is 271 g/mol. The van der Waals surface area contributed by atoms with E-state index in [9.17, 15) is 14.0 Å². The van der Waals surface area contributed by atoms with Crippen molar-refractivity contribution < 1.29 is 14.0 Å². The van der Waals surface area contributed by atoms with Crippen LogP contribution in [0, 0.1) is 5.82 Å². The van der Waals surface area contributed by atoms with E-state index in [1.165, 1.54) is 19.1 Å². The molecule has 1 atom stereocenters. The normalized spacial score (nSPS) is 11.8. The Morgan fingerprint density at radius 1 is 1.10 bits per heavy atom. The van der Waals surface area contributed by atoms with Crippen LogP contribution in [0.1, 0.15) is 44.6 Å². The molecule has 0 fully saturated rings. The number of carbonyl (C=O) groups excluding carboxylic acids is 2. The van der Waals surface area contributed by atoms with Crippen molar-refractivity contribution in [1.82, 2.24) is 10.6 Å². The van der Waals surface area contributed by atoms with Gasteiger partial charge in [0.15, 0.2) is 0 Å². The van der Waals surface area contributed by atoms with Crippen LogP contribution in [0.4, 0.5) is 4.39 Å². The number of amides is 2. The van der Waals surface area contributed by atoms with E-state index in [-0.39, 0.29) is 23.5 Å². The monoisotopic (exact) mass is 294 g/mol. The molecule has 0 aliphatic carbocycles. The van der Waals surface area contributed by atoms with Gasteiger partial charge in [-0.3, -0.25) is 9.59 Å². The summed E-state index contributed by atoms with van der Waals surface area (Å²) < 4.78 is 12.8. The molecule has 0 spiro atoms. The highest BCUT2D eigenvalue weighted by Gasteiger charge is 2.10. The summed E-state index contributed by atoms with van der Waals surface area (Å²) in [6.45, 7) is 4.67. The average Bonchev–Trinajstić information content (AvgIpc) is 2.43. The fourth-order valence-corrected chi connectivity index (χ4v) is 2.00. The molecule has 0 aliphatic rings. The summed E-state index contributed by atoms with van der Waals surface area (Å²) in [7, 11) is 0. The smallest absolute Gasteiger partial charge is 0.220 e. The van der Waals surface area contributed by atoms with Gasteiger partial charge in [0.25, 0.3) is 0 Å². The van der Waals surface area contributed by atoms with Gasteiger partial charge in [-0.1, -0.05) is 19.1 Å². The zero-order valence-electron chi connectivity index (χ0n) is 12.6. The van der Waals surface area contributed by atoms with Crippen molar-refractivity contribution in [3.8, 4) is 0 Å². The second-order valence-corrected chi connectivity index (χ2v) is 5.20. The standard InChI is InChI=1S/C16H23FN2O2/c1-12(14-5-7-15(17)8-6-14)11-16(21)19-10-4-3-9-18-13(2)20/h5-8,12H,3-4,9-11H2,1-2H3,(H,18,20)(H,19,21). The Morgan fingerprint density at radius 2 is 1.67 bits per heavy atom. The highest BCUT2D eigenvalue weighted by atomic mass is 19.1. The first-order chi connectivity index (χ1) is 9.99. The lowest BCUT2D eigenvalue weighted by Gasteiger charge is -2.12. The number of hydrogen-bond donors (Lipinski definition) is 2. The van der Waals surface area contributed by atoms with Crippen LogP contribution in [0.5, 0.6) is 0 Å². The zero-order valence-corrected chi connectivity index (χ0v) is 12.6. The number of unbranched alkanes of at least 4 members (excludes halogenated alkanes) is 1. The number of halogens is 1. The van der Waals surface area contributed by atoms with E-state index in [1.54, 1.807) is 12.1 Å². The second-order valence-electron chi connectivity index (χ2n) is 5.20. The van der Waals surface area contributed by atoms with Crippen LogP contribution < -0.4 is 10.6 Å². The molecule has 0 saturated heterocycles. The van der Waals surface area contributed by atoms with E-state index in [0.29, 0.717) is 19.5 Å². The topological polar surface area (TPSA) is 58.2 Å². The Labute approximate surface area is 125 Å². The first-order valence-corrected chi connectivity index (χ1v) is 7.25. The lowest BCUT2D eigenvalue weighted by molar-refractivity contribution is -0.121. The molecule has 1 aromatic carbocycles. The Kier molecular flexibility index (Phi) is 7.43. The minimum Gasteiger partial charge on any atom is -0.356 e. The molecule has 0 heterocycles. The maximum Gasteiger partial charge on any atom is 0.220 e. The molecule has 0 bridgehead atoms. The van der Waals surface area contributed by atoms with Crippen LogP contribution in [0.2, 0.25) is 0 Å². The molecule has 2 N–H and O–H groups in total. The van der Waals surface area contributed by atoms with Gasteiger partial charge in [-0.25, -0.2) is 4.39 Å². The molecule has 1 unspecified atom stereocenters. The number of hydrogen-bond acceptors (Lipinski definition) is 2. The fourth-order valence-electron chi connectivity index (χ4n) is 2.00. The molecule has 0 aromatic heterocycles. The van der Waals surface area contributed by atoms with E-state index in [1.807, 2.05) is 6.92 Å². The van der Waals surface area contributed by atoms with Gasteiger partial charge in [-0.2, -0.15) is 0 Å². The highest BCUT2D eigenvalue weighted by molar-refractivity contribution is 5.76. The molecule has 0 aliphatic heterocycles. The summed E-state index contributed by atoms with van der Waals surface area (Å²) in [5.41, 5.74) is 0.956. The van der Waals surface area contributed by atoms with Crippen molar-refractivity contribution in [2.45, 2.75) is 39.0 Å². The average molecular weight is 294 g/mol. The van der Waals surface area contributed by atoms with Crippen LogP contribution in [-0.2, 0) is 9.59 Å². The first kappa shape index (κ1) is 17.1. The van der Waals surface area contributed by atoms with Gasteiger partial charge in [0, 0.05) is 26.4 Å². The number of nitrogens with one attached hydrogen (secondary N) is 2. The van der Waals surface area contributed by atoms with Crippen LogP contribution in [-0.4, -0.2) is 24.9 Å². The maximum atomic E-state index is 12.8. The van der Waals surface area contributed by atoms with Gasteiger partial charge in [-0.15, -0.1) is 0 Å². The molecule has 1 rings (SSSR count). The predicted octanol–water partition coefficient (Wildman–Crippen LogP) is 2.35. The minimum atomic E-state index is -0.269. The Hall–Kier alpha value is -1.91. The van der Waals surface area contributed by atoms with Crippen molar-refractivity contribution in [2.24, 2.45) is 0 Å². The predicted molar refractivity (Wildman–Crippen MR) is 80.4 cm³/mol. The molecule has 4 nitrogen and oxygen atoms in total. The zero-order chi connectivity index (χ0) is 15.7. The van der Waals surface area contributed by atoms with E-state index in [0.717, 1.165) is 18.4 Å². The Morgan fingerprint density at radius 3 is 2.24 bits per heavy atom. The van der Waals surface area contributed by atoms with E-state index >= 15 is 0 Å². The van der Waals surface area contributed by atoms with Gasteiger partial charge in [-0.05, 0) is 36.5 Å². The lowest BCUT2D eigenvalue weighted by atomic mass is 9.97. The fraction of sp³-hybridized carbons (Fsp3) is 0.500. The van der Waals surface area contributed by atoms with Crippen molar-refractivity contribution in [3.05, 3.63) is 35.6 Å². The quantitative estimate of drug-likeness (QED) is 0.723. The molecular formula is C16H23FN2O2. The van der Waals surface area contributed by atoms with Gasteiger partial charge < -0.3 is 10.6 Å². The summed E-state index contributed by atoms with van der Waals surface area (Å²) in [6.07, 6.45) is 2.06. The highest BCUT2D eigenvalue weighted by Crippen LogP contribution is 2.18. The molecule has 0 saturated carbocycles. The van der Waals surface area contributed by atoms with Gasteiger partial charge >= 0.3 is 0 Å². The van der Waals surface area contributed by atoms with E-state index < -0.39 is 0 Å². The third-order valence-corrected chi connectivity index (χ3v) is 3.23. The Balaban J connectivity index is 2.18. The van der Waals surface area contributed by atoms with Crippen molar-refractivity contribution in [3.63, 3.8) is 0 Å². The molecule has 5 heteroatoms. The third kappa shape index (κ3) is 7.44. The van der Waals surface area contributed by atoms with Crippen molar-refractivity contribution >= 4 is 11.8 Å². The summed E-state index contributed by atoms with van der Waals surface area (Å²) in [5, 5.41) is 5.57. The SMILES string of the molecule is CC(=O)NCCCCNC(=O)CC(C)c1ccc(F)cc1. The van der Waals surface area contributed by atoms with E-state index in [2.05, 4.69) is 10.6 Å². The maximum absolute atomic E-state index is 12.8. The van der Waals surface area contributed by atoms with Crippen LogP contribution >= 0.6 is 0 Å². The van der Waals surface area contributed by atoms with Crippen LogP contribution in [0.15, 0.2) is 24.3 Å². The van der Waals surface area contributed by atoms with Crippen molar-refractivity contribution in [2.75, 3.05) is 13.1 Å². The summed E-state index contributed by atoms with van der Waals surface area (Å²) in [4.78, 5) is 22.4. The minimum absolute atomic E-state index is 0.00801. The summed E-state index contributed by atoms with van der Waals surface area (Å²) >= 11 is 0. The number of benzene rings is 1. The van der Waals surface area contributed by atoms with Gasteiger partial charge in [0.05, 0.1) is 0 Å². The number of carbonyl (C=O) groups is 2. The molecule has 0 radical (unpaired) electrons. The molecule has 116 valence electrons. The Bertz CT molecular complexity index is 460. The first-order valence-electron chi connectivity index (χ1n) is 7.25. The van der Waals surface area contributed by atoms with Crippen LogP contribution in [0.3, 0.4) is 0 Å². The van der Waals surface area contributed by atoms with Crippen molar-refractivity contribution in [1.29, 1.82) is 0 Å². The van der Waals surface area contributed by atoms with Crippen LogP contribution in [0.25, 0.3) is 0 Å². The number of rotatable bonds is 8. The second kappa shape index (κ2) is 9.10. The summed E-state index contributed by atoms with van der Waals surface area (Å²) in [5.74, 6) is -0.252. The molecule has 21 heavy (non-hydrogen) atoms. The van der Waals surface area contributed by atoms with Gasteiger partial charge in [0.2, 0.25) is 11.8 Å². The molecule has 2 amide bonds.